The minimum absolute atomic E-state index is 0.872. The molecule has 0 aliphatic carbocycles. The van der Waals surface area contributed by atoms with Crippen LogP contribution in [0.2, 0.25) is 5.02 Å². The van der Waals surface area contributed by atoms with E-state index in [9.17, 15) is 0 Å². The van der Waals surface area contributed by atoms with Gasteiger partial charge in [-0.15, -0.1) is 0 Å². The van der Waals surface area contributed by atoms with Crippen molar-refractivity contribution in [2.75, 3.05) is 18.0 Å². The molecule has 0 aromatic heterocycles. The number of hydrogen-bond acceptors (Lipinski definition) is 1. The minimum Gasteiger partial charge on any atom is -0.371 e. The molecule has 3 heteroatoms. The average Bonchev–Trinajstić information content (AvgIpc) is 2.18. The zero-order chi connectivity index (χ0) is 11.3. The molecule has 0 atom stereocenters. The molecule has 0 bridgehead atoms. The second kappa shape index (κ2) is 6.07. The average molecular weight is 224 g/mol. The molecule has 1 rings (SSSR count). The summed E-state index contributed by atoms with van der Waals surface area (Å²) in [6.45, 7) is 6.57. The van der Waals surface area contributed by atoms with Crippen LogP contribution in [0, 0.1) is 0 Å². The molecule has 0 aliphatic heterocycles. The molecule has 0 unspecified atom stereocenters. The molecule has 1 nitrogen and oxygen atoms in total. The Bertz CT molecular complexity index is 288. The Hall–Kier alpha value is -0.625. The quantitative estimate of drug-likeness (QED) is 0.692. The highest BCUT2D eigenvalue weighted by molar-refractivity contribution is 6.41. The Morgan fingerprint density at radius 2 is 1.80 bits per heavy atom. The zero-order valence-corrected chi connectivity index (χ0v) is 10.6. The Morgan fingerprint density at radius 1 is 1.20 bits per heavy atom. The lowest BCUT2D eigenvalue weighted by atomic mass is 9.93. The van der Waals surface area contributed by atoms with Gasteiger partial charge in [-0.1, -0.05) is 43.0 Å². The van der Waals surface area contributed by atoms with E-state index < -0.39 is 0 Å². The van der Waals surface area contributed by atoms with Crippen molar-refractivity contribution in [3.05, 3.63) is 23.2 Å². The van der Waals surface area contributed by atoms with Gasteiger partial charge in [0.15, 0.2) is 0 Å². The summed E-state index contributed by atoms with van der Waals surface area (Å²) in [5.74, 6) is 0. The topological polar surface area (TPSA) is 3.24 Å². The fourth-order valence-electron chi connectivity index (χ4n) is 1.90. The van der Waals surface area contributed by atoms with Gasteiger partial charge in [-0.25, -0.2) is 0 Å². The summed E-state index contributed by atoms with van der Waals surface area (Å²) in [6, 6.07) is 6.11. The molecular formula is C12H19BClN. The van der Waals surface area contributed by atoms with Gasteiger partial charge >= 0.3 is 0 Å². The maximum absolute atomic E-state index is 6.25. The summed E-state index contributed by atoms with van der Waals surface area (Å²) in [6.07, 6.45) is 2.31. The lowest BCUT2D eigenvalue weighted by molar-refractivity contribution is 0.747. The number of benzene rings is 1. The van der Waals surface area contributed by atoms with Gasteiger partial charge < -0.3 is 4.90 Å². The monoisotopic (exact) mass is 223 g/mol. The van der Waals surface area contributed by atoms with E-state index >= 15 is 0 Å². The van der Waals surface area contributed by atoms with Crippen LogP contribution in [-0.2, 0) is 0 Å². The van der Waals surface area contributed by atoms with Crippen LogP contribution in [-0.4, -0.2) is 20.9 Å². The second-order valence-electron chi connectivity index (χ2n) is 3.89. The van der Waals surface area contributed by atoms with Crippen LogP contribution in [0.3, 0.4) is 0 Å². The normalized spacial score (nSPS) is 10.3. The van der Waals surface area contributed by atoms with Gasteiger partial charge in [0.1, 0.15) is 7.85 Å². The third kappa shape index (κ3) is 3.17. The first kappa shape index (κ1) is 12.4. The van der Waals surface area contributed by atoms with Gasteiger partial charge in [0, 0.05) is 18.8 Å². The first-order valence-electron chi connectivity index (χ1n) is 5.70. The molecule has 82 valence electrons. The van der Waals surface area contributed by atoms with E-state index in [-0.39, 0.29) is 0 Å². The number of anilines is 1. The molecule has 0 aliphatic rings. The first-order valence-corrected chi connectivity index (χ1v) is 6.08. The summed E-state index contributed by atoms with van der Waals surface area (Å²) in [5.41, 5.74) is 2.48. The van der Waals surface area contributed by atoms with Crippen LogP contribution >= 0.6 is 11.6 Å². The zero-order valence-electron chi connectivity index (χ0n) is 9.89. The van der Waals surface area contributed by atoms with E-state index in [4.69, 9.17) is 11.6 Å². The number of rotatable bonds is 5. The maximum Gasteiger partial charge on any atom is 0.142 e. The maximum atomic E-state index is 6.25. The van der Waals surface area contributed by atoms with Gasteiger partial charge in [-0.3, -0.25) is 0 Å². The van der Waals surface area contributed by atoms with E-state index in [0.717, 1.165) is 31.0 Å². The van der Waals surface area contributed by atoms with Crippen LogP contribution < -0.4 is 10.4 Å². The molecule has 0 saturated heterocycles. The van der Waals surface area contributed by atoms with Crippen molar-refractivity contribution in [2.24, 2.45) is 0 Å². The highest BCUT2D eigenvalue weighted by Gasteiger charge is 2.10. The molecule has 0 fully saturated rings. The number of halogens is 1. The highest BCUT2D eigenvalue weighted by atomic mass is 35.5. The van der Waals surface area contributed by atoms with Crippen molar-refractivity contribution in [2.45, 2.75) is 26.7 Å². The predicted molar refractivity (Wildman–Crippen MR) is 72.4 cm³/mol. The van der Waals surface area contributed by atoms with E-state index in [1.54, 1.807) is 0 Å². The fraction of sp³-hybridized carbons (Fsp3) is 0.500. The van der Waals surface area contributed by atoms with Crippen LogP contribution in [0.1, 0.15) is 26.7 Å². The molecule has 0 radical (unpaired) electrons. The Labute approximate surface area is 98.8 Å². The molecule has 1 aromatic rings. The molecule has 0 N–H and O–H groups in total. The fourth-order valence-corrected chi connectivity index (χ4v) is 2.24. The van der Waals surface area contributed by atoms with Gasteiger partial charge in [0.05, 0.1) is 5.02 Å². The van der Waals surface area contributed by atoms with Crippen LogP contribution in [0.15, 0.2) is 18.2 Å². The van der Waals surface area contributed by atoms with Gasteiger partial charge in [-0.05, 0) is 18.9 Å². The number of hydrogen-bond donors (Lipinski definition) is 0. The van der Waals surface area contributed by atoms with Crippen molar-refractivity contribution >= 4 is 30.6 Å². The SMILES string of the molecule is Bc1cccc(Cl)c1N(CCC)CCC. The summed E-state index contributed by atoms with van der Waals surface area (Å²) in [5, 5.41) is 0.872. The minimum atomic E-state index is 0.872. The summed E-state index contributed by atoms with van der Waals surface area (Å²) < 4.78 is 0. The standard InChI is InChI=1S/C12H19BClN/c1-3-8-15(9-4-2)12-10(13)6-5-7-11(12)14/h5-7H,3-4,8-9,13H2,1-2H3. The Balaban J connectivity index is 2.98. The molecule has 0 saturated carbocycles. The number of nitrogens with zero attached hydrogens (tertiary/aromatic N) is 1. The summed E-state index contributed by atoms with van der Waals surface area (Å²) in [7, 11) is 2.12. The van der Waals surface area contributed by atoms with E-state index in [1.807, 2.05) is 12.1 Å². The van der Waals surface area contributed by atoms with Gasteiger partial charge in [-0.2, -0.15) is 0 Å². The lowest BCUT2D eigenvalue weighted by Crippen LogP contribution is -2.30. The molecule has 1 aromatic carbocycles. The van der Waals surface area contributed by atoms with Crippen LogP contribution in [0.4, 0.5) is 5.69 Å². The third-order valence-electron chi connectivity index (χ3n) is 2.49. The third-order valence-corrected chi connectivity index (χ3v) is 2.80. The van der Waals surface area contributed by atoms with Crippen molar-refractivity contribution in [1.29, 1.82) is 0 Å². The lowest BCUT2D eigenvalue weighted by Gasteiger charge is -2.26. The number of para-hydroxylation sites is 1. The molecular weight excluding hydrogens is 204 g/mol. The largest absolute Gasteiger partial charge is 0.371 e. The van der Waals surface area contributed by atoms with Crippen LogP contribution in [0.25, 0.3) is 0 Å². The van der Waals surface area contributed by atoms with Crippen molar-refractivity contribution in [3.63, 3.8) is 0 Å². The molecule has 0 heterocycles. The first-order chi connectivity index (χ1) is 7.20. The van der Waals surface area contributed by atoms with Crippen LogP contribution in [0.5, 0.6) is 0 Å². The summed E-state index contributed by atoms with van der Waals surface area (Å²) >= 11 is 6.25. The van der Waals surface area contributed by atoms with E-state index in [2.05, 4.69) is 32.7 Å². The Kier molecular flexibility index (Phi) is 5.03. The van der Waals surface area contributed by atoms with E-state index in [1.165, 1.54) is 11.2 Å². The van der Waals surface area contributed by atoms with Crippen molar-refractivity contribution < 1.29 is 0 Å². The predicted octanol–water partition coefficient (Wildman–Crippen LogP) is 2.22. The molecule has 15 heavy (non-hydrogen) atoms. The molecule has 0 amide bonds. The smallest absolute Gasteiger partial charge is 0.142 e. The van der Waals surface area contributed by atoms with E-state index in [0.29, 0.717) is 0 Å². The second-order valence-corrected chi connectivity index (χ2v) is 4.30. The van der Waals surface area contributed by atoms with Crippen molar-refractivity contribution in [3.8, 4) is 0 Å². The summed E-state index contributed by atoms with van der Waals surface area (Å²) in [4.78, 5) is 2.39. The van der Waals surface area contributed by atoms with Gasteiger partial charge in [0.25, 0.3) is 0 Å². The molecule has 0 spiro atoms. The van der Waals surface area contributed by atoms with Crippen molar-refractivity contribution in [1.82, 2.24) is 0 Å². The highest BCUT2D eigenvalue weighted by Crippen LogP contribution is 2.23. The van der Waals surface area contributed by atoms with Gasteiger partial charge in [0.2, 0.25) is 0 Å². The Morgan fingerprint density at radius 3 is 2.27 bits per heavy atom.